The van der Waals surface area contributed by atoms with Crippen LogP contribution in [0.1, 0.15) is 30.6 Å². The van der Waals surface area contributed by atoms with Gasteiger partial charge in [-0.25, -0.2) is 4.39 Å². The molecule has 1 aromatic rings. The molecule has 1 unspecified atom stereocenters. The Kier molecular flexibility index (Phi) is 6.99. The molecule has 1 saturated heterocycles. The van der Waals surface area contributed by atoms with Gasteiger partial charge in [-0.1, -0.05) is 29.8 Å². The van der Waals surface area contributed by atoms with Crippen molar-refractivity contribution in [2.75, 3.05) is 32.8 Å². The van der Waals surface area contributed by atoms with Crippen LogP contribution in [0.3, 0.4) is 0 Å². The summed E-state index contributed by atoms with van der Waals surface area (Å²) in [7, 11) is 0. The van der Waals surface area contributed by atoms with Crippen molar-refractivity contribution in [2.24, 2.45) is 5.92 Å². The van der Waals surface area contributed by atoms with Crippen molar-refractivity contribution in [1.82, 2.24) is 10.2 Å². The first-order chi connectivity index (χ1) is 11.0. The lowest BCUT2D eigenvalue weighted by Crippen LogP contribution is -2.49. The Bertz CT molecular complexity index is 533. The van der Waals surface area contributed by atoms with Crippen LogP contribution in [0, 0.1) is 11.7 Å². The van der Waals surface area contributed by atoms with Gasteiger partial charge in [0.1, 0.15) is 5.82 Å². The molecule has 128 valence electrons. The van der Waals surface area contributed by atoms with E-state index >= 15 is 0 Å². The summed E-state index contributed by atoms with van der Waals surface area (Å²) in [6.07, 6.45) is 0.989. The molecule has 4 nitrogen and oxygen atoms in total. The second-order valence-electron chi connectivity index (χ2n) is 6.27. The largest absolute Gasteiger partial charge is 0.379 e. The second-order valence-corrected chi connectivity index (χ2v) is 7.18. The molecule has 2 rings (SSSR count). The Morgan fingerprint density at radius 3 is 2.70 bits per heavy atom. The number of benzene rings is 1. The first-order valence-electron chi connectivity index (χ1n) is 8.02. The summed E-state index contributed by atoms with van der Waals surface area (Å²) in [5.41, 5.74) is 0.0819. The number of hydrogen-bond donors (Lipinski definition) is 1. The van der Waals surface area contributed by atoms with Crippen molar-refractivity contribution in [2.45, 2.75) is 26.3 Å². The first kappa shape index (κ1) is 18.4. The second kappa shape index (κ2) is 8.76. The lowest BCUT2D eigenvalue weighted by atomic mass is 10.0. The Balaban J connectivity index is 1.97. The van der Waals surface area contributed by atoms with Crippen molar-refractivity contribution < 1.29 is 13.9 Å². The Hall–Kier alpha value is -0.980. The summed E-state index contributed by atoms with van der Waals surface area (Å²) in [5, 5.41) is 2.89. The van der Waals surface area contributed by atoms with Gasteiger partial charge in [-0.2, -0.15) is 0 Å². The lowest BCUT2D eigenvalue weighted by molar-refractivity contribution is 0.0124. The van der Waals surface area contributed by atoms with Crippen LogP contribution in [0.25, 0.3) is 0 Å². The van der Waals surface area contributed by atoms with Gasteiger partial charge < -0.3 is 10.1 Å². The smallest absolute Gasteiger partial charge is 0.254 e. The van der Waals surface area contributed by atoms with Gasteiger partial charge in [0.2, 0.25) is 0 Å². The average Bonchev–Trinajstić information content (AvgIpc) is 2.51. The zero-order valence-electron chi connectivity index (χ0n) is 13.6. The summed E-state index contributed by atoms with van der Waals surface area (Å²) in [5.74, 6) is -0.343. The fraction of sp³-hybridized carbons (Fsp3) is 0.588. The number of ether oxygens (including phenoxy) is 1. The van der Waals surface area contributed by atoms with E-state index in [1.165, 1.54) is 12.1 Å². The number of amides is 1. The van der Waals surface area contributed by atoms with E-state index in [1.54, 1.807) is 6.07 Å². The van der Waals surface area contributed by atoms with Gasteiger partial charge in [0.05, 0.1) is 18.8 Å². The highest BCUT2D eigenvalue weighted by atomic mass is 79.9. The summed E-state index contributed by atoms with van der Waals surface area (Å²) < 4.78 is 19.9. The van der Waals surface area contributed by atoms with Crippen molar-refractivity contribution >= 4 is 21.8 Å². The predicted octanol–water partition coefficient (Wildman–Crippen LogP) is 3.06. The normalized spacial score (nSPS) is 17.3. The molecule has 1 aliphatic rings. The molecule has 23 heavy (non-hydrogen) atoms. The molecule has 0 saturated carbocycles. The van der Waals surface area contributed by atoms with Gasteiger partial charge >= 0.3 is 0 Å². The van der Waals surface area contributed by atoms with Gasteiger partial charge in [-0.15, -0.1) is 0 Å². The quantitative estimate of drug-likeness (QED) is 0.816. The highest BCUT2D eigenvalue weighted by molar-refractivity contribution is 9.10. The number of nitrogens with zero attached hydrogens (tertiary/aromatic N) is 1. The molecule has 0 bridgehead atoms. The molecule has 0 spiro atoms. The van der Waals surface area contributed by atoms with Gasteiger partial charge in [-0.3, -0.25) is 9.69 Å². The third-order valence-electron chi connectivity index (χ3n) is 3.98. The van der Waals surface area contributed by atoms with Crippen LogP contribution in [-0.2, 0) is 4.74 Å². The standard InChI is InChI=1S/C17H24BrFN2O2/c1-12(2)9-14(21-5-7-23-8-6-21)11-20-17(22)15-4-3-13(18)10-16(15)19/h3-4,10,12,14H,5-9,11H2,1-2H3,(H,20,22). The molecule has 6 heteroatoms. The molecule has 1 atom stereocenters. The fourth-order valence-electron chi connectivity index (χ4n) is 2.83. The number of carbonyl (C=O) groups excluding carboxylic acids is 1. The molecular formula is C17H24BrFN2O2. The van der Waals surface area contributed by atoms with E-state index in [0.29, 0.717) is 16.9 Å². The van der Waals surface area contributed by atoms with E-state index in [0.717, 1.165) is 32.7 Å². The molecule has 0 aromatic heterocycles. The number of halogens is 2. The molecule has 0 radical (unpaired) electrons. The Morgan fingerprint density at radius 2 is 2.09 bits per heavy atom. The molecule has 1 aromatic carbocycles. The van der Waals surface area contributed by atoms with Crippen LogP contribution in [0.2, 0.25) is 0 Å². The fourth-order valence-corrected chi connectivity index (χ4v) is 3.16. The van der Waals surface area contributed by atoms with E-state index in [1.807, 2.05) is 0 Å². The van der Waals surface area contributed by atoms with Gasteiger partial charge in [0, 0.05) is 30.1 Å². The number of nitrogens with one attached hydrogen (secondary N) is 1. The number of rotatable bonds is 6. The van der Waals surface area contributed by atoms with E-state index in [4.69, 9.17) is 4.74 Å². The third kappa shape index (κ3) is 5.55. The topological polar surface area (TPSA) is 41.6 Å². The zero-order valence-corrected chi connectivity index (χ0v) is 15.2. The molecular weight excluding hydrogens is 363 g/mol. The van der Waals surface area contributed by atoms with Crippen molar-refractivity contribution in [3.05, 3.63) is 34.1 Å². The van der Waals surface area contributed by atoms with Crippen LogP contribution in [0.5, 0.6) is 0 Å². The zero-order chi connectivity index (χ0) is 16.8. The van der Waals surface area contributed by atoms with Crippen LogP contribution in [0.15, 0.2) is 22.7 Å². The monoisotopic (exact) mass is 386 g/mol. The molecule has 1 heterocycles. The van der Waals surface area contributed by atoms with Crippen molar-refractivity contribution in [3.63, 3.8) is 0 Å². The van der Waals surface area contributed by atoms with Crippen molar-refractivity contribution in [1.29, 1.82) is 0 Å². The highest BCUT2D eigenvalue weighted by Gasteiger charge is 2.23. The molecule has 1 aliphatic heterocycles. The summed E-state index contributed by atoms with van der Waals surface area (Å²) in [4.78, 5) is 14.6. The maximum absolute atomic E-state index is 13.9. The maximum atomic E-state index is 13.9. The van der Waals surface area contributed by atoms with Gasteiger partial charge in [0.15, 0.2) is 0 Å². The maximum Gasteiger partial charge on any atom is 0.254 e. The number of carbonyl (C=O) groups is 1. The van der Waals surface area contributed by atoms with Crippen LogP contribution >= 0.6 is 15.9 Å². The SMILES string of the molecule is CC(C)CC(CNC(=O)c1ccc(Br)cc1F)N1CCOCC1. The minimum Gasteiger partial charge on any atom is -0.379 e. The number of morpholine rings is 1. The van der Waals surface area contributed by atoms with Gasteiger partial charge in [0.25, 0.3) is 5.91 Å². The molecule has 0 aliphatic carbocycles. The molecule has 1 amide bonds. The first-order valence-corrected chi connectivity index (χ1v) is 8.81. The third-order valence-corrected chi connectivity index (χ3v) is 4.47. The summed E-state index contributed by atoms with van der Waals surface area (Å²) in [6.45, 7) is 8.06. The van der Waals surface area contributed by atoms with Crippen LogP contribution < -0.4 is 5.32 Å². The summed E-state index contributed by atoms with van der Waals surface area (Å²) in [6, 6.07) is 4.73. The minimum absolute atomic E-state index is 0.0819. The van der Waals surface area contributed by atoms with E-state index in [2.05, 4.69) is 40.0 Å². The van der Waals surface area contributed by atoms with E-state index in [-0.39, 0.29) is 17.5 Å². The van der Waals surface area contributed by atoms with E-state index < -0.39 is 5.82 Å². The average molecular weight is 387 g/mol. The van der Waals surface area contributed by atoms with Gasteiger partial charge in [-0.05, 0) is 30.5 Å². The Morgan fingerprint density at radius 1 is 1.39 bits per heavy atom. The van der Waals surface area contributed by atoms with E-state index in [9.17, 15) is 9.18 Å². The predicted molar refractivity (Wildman–Crippen MR) is 92.1 cm³/mol. The molecule has 1 fully saturated rings. The van der Waals surface area contributed by atoms with Crippen LogP contribution in [0.4, 0.5) is 4.39 Å². The minimum atomic E-state index is -0.511. The highest BCUT2D eigenvalue weighted by Crippen LogP contribution is 2.16. The summed E-state index contributed by atoms with van der Waals surface area (Å²) >= 11 is 3.20. The molecule has 1 N–H and O–H groups in total. The van der Waals surface area contributed by atoms with Crippen molar-refractivity contribution in [3.8, 4) is 0 Å². The van der Waals surface area contributed by atoms with Crippen LogP contribution in [-0.4, -0.2) is 49.7 Å². The Labute approximate surface area is 145 Å². The number of hydrogen-bond acceptors (Lipinski definition) is 3. The lowest BCUT2D eigenvalue weighted by Gasteiger charge is -2.35.